The molecule has 0 saturated carbocycles. The van der Waals surface area contributed by atoms with Gasteiger partial charge in [0.25, 0.3) is 0 Å². The van der Waals surface area contributed by atoms with Crippen molar-refractivity contribution in [3.63, 3.8) is 0 Å². The third kappa shape index (κ3) is 2.92. The summed E-state index contributed by atoms with van der Waals surface area (Å²) < 4.78 is 0. The molecule has 1 atom stereocenters. The lowest BCUT2D eigenvalue weighted by atomic mass is 9.83. The molecule has 110 valence electrons. The first-order valence-electron chi connectivity index (χ1n) is 7.63. The Bertz CT molecular complexity index is 627. The van der Waals surface area contributed by atoms with Crippen molar-refractivity contribution in [2.75, 3.05) is 0 Å². The Hall–Kier alpha value is -1.89. The highest BCUT2D eigenvalue weighted by atomic mass is 16.1. The molecule has 0 aromatic heterocycles. The van der Waals surface area contributed by atoms with E-state index < -0.39 is 0 Å². The Balaban J connectivity index is 2.54. The van der Waals surface area contributed by atoms with Crippen molar-refractivity contribution in [3.05, 3.63) is 69.8 Å². The molecule has 0 N–H and O–H groups in total. The maximum absolute atomic E-state index is 13.1. The van der Waals surface area contributed by atoms with Crippen LogP contribution in [0.1, 0.15) is 57.4 Å². The van der Waals surface area contributed by atoms with Gasteiger partial charge in [-0.15, -0.1) is 0 Å². The molecule has 0 aliphatic rings. The molecule has 0 bridgehead atoms. The quantitative estimate of drug-likeness (QED) is 0.695. The molecule has 0 heterocycles. The van der Waals surface area contributed by atoms with E-state index >= 15 is 0 Å². The van der Waals surface area contributed by atoms with Crippen LogP contribution in [0.25, 0.3) is 0 Å². The molecule has 0 aliphatic heterocycles. The zero-order valence-corrected chi connectivity index (χ0v) is 13.7. The van der Waals surface area contributed by atoms with Crippen LogP contribution in [0.2, 0.25) is 0 Å². The number of hydrogen-bond acceptors (Lipinski definition) is 1. The number of carbonyl (C=O) groups excluding carboxylic acids is 1. The Morgan fingerprint density at radius 3 is 1.95 bits per heavy atom. The predicted octanol–water partition coefficient (Wildman–Crippen LogP) is 5.30. The molecule has 0 amide bonds. The summed E-state index contributed by atoms with van der Waals surface area (Å²) in [6, 6.07) is 12.3. The first-order valence-corrected chi connectivity index (χ1v) is 7.63. The predicted molar refractivity (Wildman–Crippen MR) is 89.2 cm³/mol. The van der Waals surface area contributed by atoms with E-state index in [0.717, 1.165) is 28.7 Å². The van der Waals surface area contributed by atoms with Crippen LogP contribution in [0.5, 0.6) is 0 Å². The highest BCUT2D eigenvalue weighted by molar-refractivity contribution is 6.03. The Labute approximate surface area is 128 Å². The van der Waals surface area contributed by atoms with E-state index in [1.807, 2.05) is 18.2 Å². The van der Waals surface area contributed by atoms with Crippen LogP contribution in [0.15, 0.2) is 36.4 Å². The van der Waals surface area contributed by atoms with Gasteiger partial charge < -0.3 is 0 Å². The smallest absolute Gasteiger partial charge is 0.170 e. The monoisotopic (exact) mass is 280 g/mol. The van der Waals surface area contributed by atoms with Gasteiger partial charge in [0.15, 0.2) is 5.78 Å². The van der Waals surface area contributed by atoms with E-state index in [-0.39, 0.29) is 11.7 Å². The molecule has 1 unspecified atom stereocenters. The maximum atomic E-state index is 13.1. The van der Waals surface area contributed by atoms with Crippen molar-refractivity contribution in [3.8, 4) is 0 Å². The molecule has 2 aromatic rings. The minimum atomic E-state index is -0.0511. The maximum Gasteiger partial charge on any atom is 0.170 e. The molecule has 0 aliphatic carbocycles. The highest BCUT2D eigenvalue weighted by Crippen LogP contribution is 2.30. The minimum absolute atomic E-state index is 0.0511. The van der Waals surface area contributed by atoms with Gasteiger partial charge in [0.1, 0.15) is 0 Å². The summed E-state index contributed by atoms with van der Waals surface area (Å²) in [6.45, 7) is 10.4. The van der Waals surface area contributed by atoms with Crippen LogP contribution in [0, 0.1) is 27.7 Å². The molecule has 0 saturated heterocycles. The van der Waals surface area contributed by atoms with Crippen LogP contribution < -0.4 is 0 Å². The van der Waals surface area contributed by atoms with E-state index in [9.17, 15) is 4.79 Å². The van der Waals surface area contributed by atoms with Gasteiger partial charge in [-0.25, -0.2) is 0 Å². The second-order valence-electron chi connectivity index (χ2n) is 5.87. The topological polar surface area (TPSA) is 17.1 Å². The van der Waals surface area contributed by atoms with Crippen molar-refractivity contribution in [1.29, 1.82) is 0 Å². The van der Waals surface area contributed by atoms with E-state index in [4.69, 9.17) is 0 Å². The minimum Gasteiger partial charge on any atom is -0.293 e. The van der Waals surface area contributed by atoms with Gasteiger partial charge in [0, 0.05) is 11.5 Å². The van der Waals surface area contributed by atoms with Gasteiger partial charge >= 0.3 is 0 Å². The molecular formula is C20H24O. The number of ketones is 1. The van der Waals surface area contributed by atoms with E-state index in [1.165, 1.54) is 11.1 Å². The van der Waals surface area contributed by atoms with Crippen molar-refractivity contribution in [2.24, 2.45) is 0 Å². The average Bonchev–Trinajstić information content (AvgIpc) is 2.47. The summed E-state index contributed by atoms with van der Waals surface area (Å²) in [5.74, 6) is 0.204. The van der Waals surface area contributed by atoms with Crippen molar-refractivity contribution < 1.29 is 4.79 Å². The molecular weight excluding hydrogens is 256 g/mol. The van der Waals surface area contributed by atoms with E-state index in [1.54, 1.807) is 0 Å². The lowest BCUT2D eigenvalue weighted by molar-refractivity contribution is 0.0956. The third-order valence-electron chi connectivity index (χ3n) is 4.54. The Morgan fingerprint density at radius 1 is 0.952 bits per heavy atom. The number of aryl methyl sites for hydroxylation is 2. The lowest BCUT2D eigenvalue weighted by Gasteiger charge is -2.20. The van der Waals surface area contributed by atoms with E-state index in [0.29, 0.717) is 0 Å². The first-order chi connectivity index (χ1) is 9.97. The molecule has 2 rings (SSSR count). The van der Waals surface area contributed by atoms with Gasteiger partial charge in [-0.05, 0) is 61.9 Å². The standard InChI is InChI=1S/C20H24O/c1-6-18(17-10-8-7-9-11-17)20(21)19-15(4)13(2)12-14(3)16(19)5/h7-12,18H,6H2,1-5H3. The fraction of sp³-hybridized carbons (Fsp3) is 0.350. The fourth-order valence-electron chi connectivity index (χ4n) is 3.02. The summed E-state index contributed by atoms with van der Waals surface area (Å²) in [5, 5.41) is 0. The van der Waals surface area contributed by atoms with Crippen molar-refractivity contribution >= 4 is 5.78 Å². The molecule has 1 nitrogen and oxygen atoms in total. The zero-order chi connectivity index (χ0) is 15.6. The average molecular weight is 280 g/mol. The van der Waals surface area contributed by atoms with Crippen LogP contribution >= 0.6 is 0 Å². The van der Waals surface area contributed by atoms with Crippen molar-refractivity contribution in [1.82, 2.24) is 0 Å². The second-order valence-corrected chi connectivity index (χ2v) is 5.87. The van der Waals surface area contributed by atoms with Crippen molar-refractivity contribution in [2.45, 2.75) is 47.0 Å². The normalized spacial score (nSPS) is 12.2. The summed E-state index contributed by atoms with van der Waals surface area (Å²) in [6.07, 6.45) is 0.828. The number of rotatable bonds is 4. The summed E-state index contributed by atoms with van der Waals surface area (Å²) >= 11 is 0. The second kappa shape index (κ2) is 6.26. The molecule has 0 radical (unpaired) electrons. The Morgan fingerprint density at radius 2 is 1.48 bits per heavy atom. The van der Waals surface area contributed by atoms with Gasteiger partial charge in [0.2, 0.25) is 0 Å². The fourth-order valence-corrected chi connectivity index (χ4v) is 3.02. The lowest BCUT2D eigenvalue weighted by Crippen LogP contribution is -2.16. The summed E-state index contributed by atoms with van der Waals surface area (Å²) in [7, 11) is 0. The van der Waals surface area contributed by atoms with Gasteiger partial charge in [0.05, 0.1) is 0 Å². The van der Waals surface area contributed by atoms with Crippen LogP contribution in [0.4, 0.5) is 0 Å². The SMILES string of the molecule is CCC(C(=O)c1c(C)c(C)cc(C)c1C)c1ccccc1. The number of Topliss-reactive ketones (excluding diaryl/α,β-unsaturated/α-hetero) is 1. The molecule has 0 fully saturated rings. The molecule has 1 heteroatoms. The Kier molecular flexibility index (Phi) is 4.62. The number of benzene rings is 2. The zero-order valence-electron chi connectivity index (χ0n) is 13.7. The molecule has 21 heavy (non-hydrogen) atoms. The van der Waals surface area contributed by atoms with Crippen LogP contribution in [-0.2, 0) is 0 Å². The van der Waals surface area contributed by atoms with Gasteiger partial charge in [-0.1, -0.05) is 43.3 Å². The first kappa shape index (κ1) is 15.5. The van der Waals surface area contributed by atoms with Gasteiger partial charge in [-0.2, -0.15) is 0 Å². The third-order valence-corrected chi connectivity index (χ3v) is 4.54. The summed E-state index contributed by atoms with van der Waals surface area (Å²) in [4.78, 5) is 13.1. The highest BCUT2D eigenvalue weighted by Gasteiger charge is 2.24. The van der Waals surface area contributed by atoms with Crippen LogP contribution in [-0.4, -0.2) is 5.78 Å². The number of carbonyl (C=O) groups is 1. The largest absolute Gasteiger partial charge is 0.293 e. The van der Waals surface area contributed by atoms with Gasteiger partial charge in [-0.3, -0.25) is 4.79 Å². The summed E-state index contributed by atoms with van der Waals surface area (Å²) in [5.41, 5.74) is 6.68. The van der Waals surface area contributed by atoms with E-state index in [2.05, 4.69) is 52.8 Å². The van der Waals surface area contributed by atoms with Crippen LogP contribution in [0.3, 0.4) is 0 Å². The molecule has 0 spiro atoms. The molecule has 2 aromatic carbocycles. The number of hydrogen-bond donors (Lipinski definition) is 0.